The van der Waals surface area contributed by atoms with E-state index in [0.29, 0.717) is 5.56 Å². The van der Waals surface area contributed by atoms with Crippen molar-refractivity contribution in [1.82, 2.24) is 4.57 Å². The molecule has 2 N–H and O–H groups in total. The normalized spacial score (nSPS) is 12.9. The van der Waals surface area contributed by atoms with Gasteiger partial charge in [0, 0.05) is 28.7 Å². The predicted octanol–water partition coefficient (Wildman–Crippen LogP) is 2.40. The second-order valence-corrected chi connectivity index (χ2v) is 4.50. The van der Waals surface area contributed by atoms with E-state index in [4.69, 9.17) is 5.11 Å². The maximum Gasteiger partial charge on any atom is 0.337 e. The quantitative estimate of drug-likeness (QED) is 0.875. The molecule has 0 fully saturated rings. The van der Waals surface area contributed by atoms with E-state index in [1.54, 1.807) is 0 Å². The van der Waals surface area contributed by atoms with E-state index in [-0.39, 0.29) is 0 Å². The fraction of sp³-hybridized carbons (Fsp3) is 0.357. The minimum Gasteiger partial charge on any atom is -0.479 e. The van der Waals surface area contributed by atoms with Gasteiger partial charge in [0.25, 0.3) is 0 Å². The van der Waals surface area contributed by atoms with E-state index in [1.807, 2.05) is 43.5 Å². The molecule has 0 saturated heterocycles. The first kappa shape index (κ1) is 12.6. The molecule has 4 nitrogen and oxygen atoms in total. The molecular formula is C14H17NO3. The molecule has 1 aromatic heterocycles. The van der Waals surface area contributed by atoms with Crippen molar-refractivity contribution in [3.63, 3.8) is 0 Å². The molecule has 0 aliphatic heterocycles. The van der Waals surface area contributed by atoms with Gasteiger partial charge >= 0.3 is 5.97 Å². The molecule has 1 heterocycles. The van der Waals surface area contributed by atoms with Gasteiger partial charge in [0.05, 0.1) is 0 Å². The summed E-state index contributed by atoms with van der Waals surface area (Å²) in [6, 6.07) is 5.83. The van der Waals surface area contributed by atoms with Gasteiger partial charge in [0.15, 0.2) is 6.10 Å². The minimum atomic E-state index is -1.47. The molecule has 4 heteroatoms. The Morgan fingerprint density at radius 3 is 2.61 bits per heavy atom. The van der Waals surface area contributed by atoms with Crippen LogP contribution >= 0.6 is 0 Å². The zero-order valence-electron chi connectivity index (χ0n) is 10.8. The minimum absolute atomic E-state index is 0.499. The number of aliphatic carboxylic acids is 1. The number of hydrogen-bond acceptors (Lipinski definition) is 2. The highest BCUT2D eigenvalue weighted by Crippen LogP contribution is 2.31. The first-order valence-corrected chi connectivity index (χ1v) is 5.97. The van der Waals surface area contributed by atoms with Crippen LogP contribution in [0, 0.1) is 13.8 Å². The van der Waals surface area contributed by atoms with Crippen molar-refractivity contribution in [3.05, 3.63) is 35.0 Å². The van der Waals surface area contributed by atoms with Crippen molar-refractivity contribution < 1.29 is 15.0 Å². The monoisotopic (exact) mass is 247 g/mol. The molecule has 0 aliphatic rings. The number of rotatable bonds is 3. The Kier molecular flexibility index (Phi) is 3.13. The average molecular weight is 247 g/mol. The molecule has 0 radical (unpaired) electrons. The Balaban J connectivity index is 2.81. The lowest BCUT2D eigenvalue weighted by atomic mass is 10.0. The van der Waals surface area contributed by atoms with Gasteiger partial charge in [0.1, 0.15) is 0 Å². The van der Waals surface area contributed by atoms with Crippen LogP contribution in [0.4, 0.5) is 0 Å². The van der Waals surface area contributed by atoms with Gasteiger partial charge in [0.2, 0.25) is 0 Å². The number of carbonyl (C=O) groups is 1. The molecule has 1 aromatic carbocycles. The number of hydrogen-bond donors (Lipinski definition) is 2. The fourth-order valence-electron chi connectivity index (χ4n) is 2.49. The number of aliphatic hydroxyl groups excluding tert-OH is 1. The summed E-state index contributed by atoms with van der Waals surface area (Å²) < 4.78 is 2.03. The molecule has 0 saturated carbocycles. The first-order chi connectivity index (χ1) is 8.47. The lowest BCUT2D eigenvalue weighted by Gasteiger charge is -2.07. The molecule has 0 spiro atoms. The van der Waals surface area contributed by atoms with E-state index in [1.165, 1.54) is 0 Å². The van der Waals surface area contributed by atoms with Gasteiger partial charge in [-0.3, -0.25) is 0 Å². The molecular weight excluding hydrogens is 230 g/mol. The number of aryl methyl sites for hydroxylation is 2. The molecule has 2 rings (SSSR count). The topological polar surface area (TPSA) is 62.5 Å². The van der Waals surface area contributed by atoms with Gasteiger partial charge in [-0.25, -0.2) is 4.79 Å². The van der Waals surface area contributed by atoms with Gasteiger partial charge < -0.3 is 14.8 Å². The van der Waals surface area contributed by atoms with Gasteiger partial charge in [-0.15, -0.1) is 0 Å². The second-order valence-electron chi connectivity index (χ2n) is 4.50. The molecule has 1 atom stereocenters. The first-order valence-electron chi connectivity index (χ1n) is 5.97. The summed E-state index contributed by atoms with van der Waals surface area (Å²) in [4.78, 5) is 11.0. The third-order valence-corrected chi connectivity index (χ3v) is 3.35. The van der Waals surface area contributed by atoms with Crippen LogP contribution in [0.3, 0.4) is 0 Å². The van der Waals surface area contributed by atoms with Crippen LogP contribution in [0.5, 0.6) is 0 Å². The van der Waals surface area contributed by atoms with Crippen molar-refractivity contribution in [2.45, 2.75) is 33.4 Å². The highest BCUT2D eigenvalue weighted by Gasteiger charge is 2.24. The Hall–Kier alpha value is -1.81. The summed E-state index contributed by atoms with van der Waals surface area (Å²) >= 11 is 0. The summed E-state index contributed by atoms with van der Waals surface area (Å²) in [6.45, 7) is 6.60. The smallest absolute Gasteiger partial charge is 0.337 e. The standard InChI is InChI=1S/C14H17NO3/c1-4-15-9(3)12(13(16)14(17)18)10-6-5-8(2)7-11(10)15/h5-7,13,16H,4H2,1-3H3,(H,17,18). The van der Waals surface area contributed by atoms with Crippen LogP contribution < -0.4 is 0 Å². The Morgan fingerprint density at radius 1 is 1.39 bits per heavy atom. The van der Waals surface area contributed by atoms with Crippen LogP contribution in [-0.2, 0) is 11.3 Å². The number of carboxylic acid groups (broad SMARTS) is 1. The molecule has 96 valence electrons. The fourth-order valence-corrected chi connectivity index (χ4v) is 2.49. The highest BCUT2D eigenvalue weighted by molar-refractivity contribution is 5.90. The van der Waals surface area contributed by atoms with Crippen molar-refractivity contribution in [1.29, 1.82) is 0 Å². The molecule has 18 heavy (non-hydrogen) atoms. The zero-order valence-corrected chi connectivity index (χ0v) is 10.8. The molecule has 0 bridgehead atoms. The number of nitrogens with zero attached hydrogens (tertiary/aromatic N) is 1. The molecule has 0 aliphatic carbocycles. The zero-order chi connectivity index (χ0) is 13.4. The maximum atomic E-state index is 11.0. The van der Waals surface area contributed by atoms with Crippen LogP contribution in [0.25, 0.3) is 10.9 Å². The van der Waals surface area contributed by atoms with Crippen molar-refractivity contribution >= 4 is 16.9 Å². The Bertz CT molecular complexity index is 613. The largest absolute Gasteiger partial charge is 0.479 e. The second kappa shape index (κ2) is 4.46. The summed E-state index contributed by atoms with van der Waals surface area (Å²) in [5.41, 5.74) is 3.41. The van der Waals surface area contributed by atoms with E-state index in [0.717, 1.165) is 28.7 Å². The van der Waals surface area contributed by atoms with Crippen LogP contribution in [0.2, 0.25) is 0 Å². The summed E-state index contributed by atoms with van der Waals surface area (Å²) in [6.07, 6.45) is -1.47. The SMILES string of the molecule is CCn1c(C)c(C(O)C(=O)O)c2ccc(C)cc21. The lowest BCUT2D eigenvalue weighted by molar-refractivity contribution is -0.146. The van der Waals surface area contributed by atoms with Crippen LogP contribution in [0.1, 0.15) is 29.8 Å². The van der Waals surface area contributed by atoms with Crippen LogP contribution in [-0.4, -0.2) is 20.7 Å². The van der Waals surface area contributed by atoms with Gasteiger partial charge in [-0.1, -0.05) is 12.1 Å². The number of carboxylic acids is 1. The average Bonchev–Trinajstić information content (AvgIpc) is 2.59. The number of fused-ring (bicyclic) bond motifs is 1. The van der Waals surface area contributed by atoms with Crippen molar-refractivity contribution in [2.24, 2.45) is 0 Å². The van der Waals surface area contributed by atoms with Crippen LogP contribution in [0.15, 0.2) is 18.2 Å². The van der Waals surface area contributed by atoms with Gasteiger partial charge in [-0.2, -0.15) is 0 Å². The van der Waals surface area contributed by atoms with E-state index in [9.17, 15) is 9.90 Å². The number of aromatic nitrogens is 1. The molecule has 1 unspecified atom stereocenters. The lowest BCUT2D eigenvalue weighted by Crippen LogP contribution is -2.11. The number of benzene rings is 1. The maximum absolute atomic E-state index is 11.0. The number of aliphatic hydroxyl groups is 1. The summed E-state index contributed by atoms with van der Waals surface area (Å²) in [5.74, 6) is -1.21. The van der Waals surface area contributed by atoms with E-state index in [2.05, 4.69) is 0 Å². The third-order valence-electron chi connectivity index (χ3n) is 3.35. The third kappa shape index (κ3) is 1.78. The summed E-state index contributed by atoms with van der Waals surface area (Å²) in [7, 11) is 0. The highest BCUT2D eigenvalue weighted by atomic mass is 16.4. The summed E-state index contributed by atoms with van der Waals surface area (Å²) in [5, 5.41) is 19.7. The van der Waals surface area contributed by atoms with Gasteiger partial charge in [-0.05, 0) is 32.4 Å². The molecule has 0 amide bonds. The van der Waals surface area contributed by atoms with Crippen molar-refractivity contribution in [2.75, 3.05) is 0 Å². The van der Waals surface area contributed by atoms with E-state index >= 15 is 0 Å². The Morgan fingerprint density at radius 2 is 2.06 bits per heavy atom. The molecule has 2 aromatic rings. The predicted molar refractivity (Wildman–Crippen MR) is 69.7 cm³/mol. The van der Waals surface area contributed by atoms with E-state index < -0.39 is 12.1 Å². The Labute approximate surface area is 105 Å². The van der Waals surface area contributed by atoms with Crippen molar-refractivity contribution in [3.8, 4) is 0 Å².